The maximum Gasteiger partial charge on any atom is 0.230 e. The van der Waals surface area contributed by atoms with Gasteiger partial charge < -0.3 is 19.9 Å². The Morgan fingerprint density at radius 3 is 2.72 bits per heavy atom. The SMILES string of the molecule is Cc1cccc(NC(=O)C2CCCN(C(=O)CCC(=O)N3CCOc4ccccc43)C2)n1. The van der Waals surface area contributed by atoms with E-state index in [2.05, 4.69) is 10.3 Å². The summed E-state index contributed by atoms with van der Waals surface area (Å²) in [6.07, 6.45) is 1.75. The molecule has 1 aromatic carbocycles. The molecule has 4 rings (SSSR count). The summed E-state index contributed by atoms with van der Waals surface area (Å²) in [5.74, 6) is 0.622. The lowest BCUT2D eigenvalue weighted by molar-refractivity contribution is -0.136. The summed E-state index contributed by atoms with van der Waals surface area (Å²) in [4.78, 5) is 45.9. The fraction of sp³-hybridized carbons (Fsp3) is 0.417. The van der Waals surface area contributed by atoms with Crippen LogP contribution in [0.5, 0.6) is 5.75 Å². The minimum absolute atomic E-state index is 0.0916. The Balaban J connectivity index is 1.30. The average Bonchev–Trinajstić information content (AvgIpc) is 2.82. The van der Waals surface area contributed by atoms with Crippen LogP contribution >= 0.6 is 0 Å². The Morgan fingerprint density at radius 1 is 1.06 bits per heavy atom. The highest BCUT2D eigenvalue weighted by Crippen LogP contribution is 2.31. The van der Waals surface area contributed by atoms with E-state index >= 15 is 0 Å². The number of hydrogen-bond acceptors (Lipinski definition) is 5. The van der Waals surface area contributed by atoms with Crippen LogP contribution in [0.25, 0.3) is 0 Å². The molecular formula is C24H28N4O4. The van der Waals surface area contributed by atoms with Crippen molar-refractivity contribution in [2.45, 2.75) is 32.6 Å². The number of amides is 3. The van der Waals surface area contributed by atoms with Crippen LogP contribution in [0.3, 0.4) is 0 Å². The van der Waals surface area contributed by atoms with E-state index < -0.39 is 0 Å². The summed E-state index contributed by atoms with van der Waals surface area (Å²) in [6.45, 7) is 3.76. The first-order valence-electron chi connectivity index (χ1n) is 11.1. The Kier molecular flexibility index (Phi) is 6.68. The zero-order chi connectivity index (χ0) is 22.5. The molecule has 0 radical (unpaired) electrons. The van der Waals surface area contributed by atoms with Gasteiger partial charge in [-0.25, -0.2) is 4.98 Å². The summed E-state index contributed by atoms with van der Waals surface area (Å²) >= 11 is 0. The number of nitrogens with one attached hydrogen (secondary N) is 1. The number of aryl methyl sites for hydroxylation is 1. The van der Waals surface area contributed by atoms with Gasteiger partial charge in [0.2, 0.25) is 17.7 Å². The summed E-state index contributed by atoms with van der Waals surface area (Å²) in [6, 6.07) is 12.9. The molecule has 0 aliphatic carbocycles. The number of carbonyl (C=O) groups is 3. The van der Waals surface area contributed by atoms with Crippen LogP contribution in [0.4, 0.5) is 11.5 Å². The Morgan fingerprint density at radius 2 is 1.88 bits per heavy atom. The predicted molar refractivity (Wildman–Crippen MR) is 120 cm³/mol. The molecule has 1 N–H and O–H groups in total. The van der Waals surface area contributed by atoms with Crippen molar-refractivity contribution in [2.75, 3.05) is 36.5 Å². The Bertz CT molecular complexity index is 1010. The molecule has 2 aliphatic rings. The van der Waals surface area contributed by atoms with Gasteiger partial charge in [0, 0.05) is 31.6 Å². The number of piperidine rings is 1. The molecular weight excluding hydrogens is 408 g/mol. The molecule has 0 saturated carbocycles. The van der Waals surface area contributed by atoms with E-state index in [4.69, 9.17) is 4.74 Å². The van der Waals surface area contributed by atoms with Gasteiger partial charge in [-0.2, -0.15) is 0 Å². The molecule has 2 aliphatic heterocycles. The molecule has 1 atom stereocenters. The minimum atomic E-state index is -0.281. The molecule has 1 aromatic heterocycles. The monoisotopic (exact) mass is 436 g/mol. The molecule has 0 bridgehead atoms. The van der Waals surface area contributed by atoms with Gasteiger partial charge in [-0.05, 0) is 44.0 Å². The molecule has 168 valence electrons. The van der Waals surface area contributed by atoms with Gasteiger partial charge in [0.05, 0.1) is 18.2 Å². The second-order valence-corrected chi connectivity index (χ2v) is 8.19. The second-order valence-electron chi connectivity index (χ2n) is 8.19. The van der Waals surface area contributed by atoms with E-state index in [-0.39, 0.29) is 36.5 Å². The van der Waals surface area contributed by atoms with Crippen molar-refractivity contribution in [2.24, 2.45) is 5.92 Å². The highest BCUT2D eigenvalue weighted by Gasteiger charge is 2.30. The smallest absolute Gasteiger partial charge is 0.230 e. The molecule has 2 aromatic rings. The molecule has 8 nitrogen and oxygen atoms in total. The molecule has 3 amide bonds. The number of hydrogen-bond donors (Lipinski definition) is 1. The van der Waals surface area contributed by atoms with Crippen LogP contribution in [0, 0.1) is 12.8 Å². The van der Waals surface area contributed by atoms with Gasteiger partial charge in [0.15, 0.2) is 0 Å². The first-order valence-corrected chi connectivity index (χ1v) is 11.1. The number of rotatable bonds is 5. The largest absolute Gasteiger partial charge is 0.490 e. The molecule has 8 heteroatoms. The molecule has 1 fully saturated rings. The quantitative estimate of drug-likeness (QED) is 0.778. The Labute approximate surface area is 187 Å². The standard InChI is InChI=1S/C24H28N4O4/c1-17-6-4-10-21(25-17)26-24(31)18-7-5-13-27(16-18)22(29)11-12-23(30)28-14-15-32-20-9-3-2-8-19(20)28/h2-4,6,8-10,18H,5,7,11-16H2,1H3,(H,25,26,31). The number of carbonyl (C=O) groups excluding carboxylic acids is 3. The number of ether oxygens (including phenoxy) is 1. The number of nitrogens with zero attached hydrogens (tertiary/aromatic N) is 3. The third-order valence-electron chi connectivity index (χ3n) is 5.87. The average molecular weight is 437 g/mol. The van der Waals surface area contributed by atoms with Crippen LogP contribution < -0.4 is 15.0 Å². The van der Waals surface area contributed by atoms with Crippen LogP contribution in [0.1, 0.15) is 31.4 Å². The van der Waals surface area contributed by atoms with Gasteiger partial charge in [0.1, 0.15) is 18.2 Å². The minimum Gasteiger partial charge on any atom is -0.490 e. The van der Waals surface area contributed by atoms with E-state index in [0.29, 0.717) is 37.8 Å². The van der Waals surface area contributed by atoms with Gasteiger partial charge in [-0.1, -0.05) is 18.2 Å². The van der Waals surface area contributed by atoms with Crippen LogP contribution in [0.15, 0.2) is 42.5 Å². The number of benzene rings is 1. The van der Waals surface area contributed by atoms with Crippen molar-refractivity contribution >= 4 is 29.2 Å². The molecule has 1 unspecified atom stereocenters. The van der Waals surface area contributed by atoms with Crippen LogP contribution in [0.2, 0.25) is 0 Å². The summed E-state index contributed by atoms with van der Waals surface area (Å²) in [5.41, 5.74) is 1.58. The van der Waals surface area contributed by atoms with Crippen molar-refractivity contribution in [1.29, 1.82) is 0 Å². The van der Waals surface area contributed by atoms with E-state index in [1.54, 1.807) is 15.9 Å². The third kappa shape index (κ3) is 5.07. The highest BCUT2D eigenvalue weighted by molar-refractivity contribution is 5.97. The van der Waals surface area contributed by atoms with Crippen LogP contribution in [-0.2, 0) is 14.4 Å². The van der Waals surface area contributed by atoms with E-state index in [0.717, 1.165) is 24.2 Å². The number of likely N-dealkylation sites (tertiary alicyclic amines) is 1. The number of fused-ring (bicyclic) bond motifs is 1. The van der Waals surface area contributed by atoms with Crippen molar-refractivity contribution in [3.63, 3.8) is 0 Å². The third-order valence-corrected chi connectivity index (χ3v) is 5.87. The van der Waals surface area contributed by atoms with Gasteiger partial charge in [-0.15, -0.1) is 0 Å². The van der Waals surface area contributed by atoms with E-state index in [1.807, 2.05) is 43.3 Å². The maximum absolute atomic E-state index is 12.8. The number of aromatic nitrogens is 1. The second kappa shape index (κ2) is 9.80. The lowest BCUT2D eigenvalue weighted by atomic mass is 9.96. The normalized spacial score (nSPS) is 17.8. The fourth-order valence-corrected chi connectivity index (χ4v) is 4.19. The first-order chi connectivity index (χ1) is 15.5. The van der Waals surface area contributed by atoms with Gasteiger partial charge >= 0.3 is 0 Å². The summed E-state index contributed by atoms with van der Waals surface area (Å²) in [7, 11) is 0. The van der Waals surface area contributed by atoms with Crippen molar-refractivity contribution in [3.05, 3.63) is 48.2 Å². The van der Waals surface area contributed by atoms with Crippen molar-refractivity contribution < 1.29 is 19.1 Å². The van der Waals surface area contributed by atoms with Crippen molar-refractivity contribution in [1.82, 2.24) is 9.88 Å². The highest BCUT2D eigenvalue weighted by atomic mass is 16.5. The van der Waals surface area contributed by atoms with Crippen LogP contribution in [-0.4, -0.2) is 53.8 Å². The summed E-state index contributed by atoms with van der Waals surface area (Å²) in [5, 5.41) is 2.85. The van der Waals surface area contributed by atoms with E-state index in [1.165, 1.54) is 0 Å². The lowest BCUT2D eigenvalue weighted by Gasteiger charge is -2.32. The Hall–Kier alpha value is -3.42. The zero-order valence-corrected chi connectivity index (χ0v) is 18.3. The predicted octanol–water partition coefficient (Wildman–Crippen LogP) is 2.77. The molecule has 1 saturated heterocycles. The topological polar surface area (TPSA) is 91.8 Å². The van der Waals surface area contributed by atoms with E-state index in [9.17, 15) is 14.4 Å². The molecule has 0 spiro atoms. The molecule has 3 heterocycles. The maximum atomic E-state index is 12.8. The number of anilines is 2. The summed E-state index contributed by atoms with van der Waals surface area (Å²) < 4.78 is 5.60. The van der Waals surface area contributed by atoms with Gasteiger partial charge in [-0.3, -0.25) is 14.4 Å². The number of para-hydroxylation sites is 2. The zero-order valence-electron chi connectivity index (χ0n) is 18.3. The van der Waals surface area contributed by atoms with Gasteiger partial charge in [0.25, 0.3) is 0 Å². The molecule has 32 heavy (non-hydrogen) atoms. The fourth-order valence-electron chi connectivity index (χ4n) is 4.19. The lowest BCUT2D eigenvalue weighted by Crippen LogP contribution is -2.44. The first kappa shape index (κ1) is 21.8. The number of pyridine rings is 1. The van der Waals surface area contributed by atoms with Crippen molar-refractivity contribution in [3.8, 4) is 5.75 Å².